The van der Waals surface area contributed by atoms with Crippen LogP contribution in [0.25, 0.3) is 5.70 Å². The van der Waals surface area contributed by atoms with Crippen molar-refractivity contribution in [1.82, 2.24) is 4.90 Å². The lowest BCUT2D eigenvalue weighted by atomic mass is 10.1. The SMILES string of the molecule is C=C1C(Br)=CC=C(c2ccc(OCCCOC)cc2)N1CC. The van der Waals surface area contributed by atoms with Crippen molar-refractivity contribution in [3.05, 3.63) is 58.7 Å². The average Bonchev–Trinajstić information content (AvgIpc) is 2.55. The molecule has 1 aliphatic heterocycles. The lowest BCUT2D eigenvalue weighted by molar-refractivity contribution is 0.172. The number of halogens is 1. The second kappa shape index (κ2) is 8.20. The molecular formula is C18H22BrNO2. The molecule has 0 saturated heterocycles. The Balaban J connectivity index is 2.08. The van der Waals surface area contributed by atoms with Gasteiger partial charge in [0.05, 0.1) is 6.61 Å². The summed E-state index contributed by atoms with van der Waals surface area (Å²) in [5, 5.41) is 0. The number of hydrogen-bond acceptors (Lipinski definition) is 3. The lowest BCUT2D eigenvalue weighted by Gasteiger charge is -2.30. The first-order valence-electron chi connectivity index (χ1n) is 7.43. The van der Waals surface area contributed by atoms with E-state index in [-0.39, 0.29) is 0 Å². The summed E-state index contributed by atoms with van der Waals surface area (Å²) >= 11 is 3.53. The van der Waals surface area contributed by atoms with Crippen molar-refractivity contribution in [3.8, 4) is 5.75 Å². The van der Waals surface area contributed by atoms with Crippen LogP contribution in [0.4, 0.5) is 0 Å². The van der Waals surface area contributed by atoms with Crippen LogP contribution in [0.3, 0.4) is 0 Å². The minimum atomic E-state index is 0.670. The van der Waals surface area contributed by atoms with Gasteiger partial charge in [0.25, 0.3) is 0 Å². The number of allylic oxidation sites excluding steroid dienone is 3. The number of benzene rings is 1. The van der Waals surface area contributed by atoms with Crippen LogP contribution in [0.5, 0.6) is 5.75 Å². The molecule has 3 nitrogen and oxygen atoms in total. The van der Waals surface area contributed by atoms with Crippen LogP contribution in [0.1, 0.15) is 18.9 Å². The van der Waals surface area contributed by atoms with Crippen molar-refractivity contribution >= 4 is 21.6 Å². The normalized spacial score (nSPS) is 14.7. The third-order valence-electron chi connectivity index (χ3n) is 3.51. The zero-order valence-corrected chi connectivity index (χ0v) is 14.7. The van der Waals surface area contributed by atoms with E-state index in [4.69, 9.17) is 9.47 Å². The van der Waals surface area contributed by atoms with Crippen LogP contribution >= 0.6 is 15.9 Å². The van der Waals surface area contributed by atoms with Gasteiger partial charge in [-0.2, -0.15) is 0 Å². The summed E-state index contributed by atoms with van der Waals surface area (Å²) in [4.78, 5) is 2.19. The molecular weight excluding hydrogens is 342 g/mol. The zero-order valence-electron chi connectivity index (χ0n) is 13.1. The van der Waals surface area contributed by atoms with Crippen molar-refractivity contribution in [1.29, 1.82) is 0 Å². The average molecular weight is 364 g/mol. The van der Waals surface area contributed by atoms with Crippen LogP contribution in [-0.4, -0.2) is 31.8 Å². The molecule has 4 heteroatoms. The molecule has 1 heterocycles. The first-order chi connectivity index (χ1) is 10.7. The highest BCUT2D eigenvalue weighted by molar-refractivity contribution is 9.12. The lowest BCUT2D eigenvalue weighted by Crippen LogP contribution is -2.22. The van der Waals surface area contributed by atoms with Gasteiger partial charge in [0.2, 0.25) is 0 Å². The fourth-order valence-corrected chi connectivity index (χ4v) is 2.69. The van der Waals surface area contributed by atoms with E-state index in [9.17, 15) is 0 Å². The highest BCUT2D eigenvalue weighted by Crippen LogP contribution is 2.33. The van der Waals surface area contributed by atoms with E-state index in [0.29, 0.717) is 6.61 Å². The highest BCUT2D eigenvalue weighted by Gasteiger charge is 2.18. The maximum atomic E-state index is 5.69. The van der Waals surface area contributed by atoms with E-state index in [1.165, 1.54) is 0 Å². The van der Waals surface area contributed by atoms with Gasteiger partial charge in [0.15, 0.2) is 0 Å². The van der Waals surface area contributed by atoms with Crippen LogP contribution < -0.4 is 4.74 Å². The molecule has 0 aliphatic carbocycles. The van der Waals surface area contributed by atoms with Gasteiger partial charge >= 0.3 is 0 Å². The molecule has 0 atom stereocenters. The molecule has 0 saturated carbocycles. The van der Waals surface area contributed by atoms with E-state index in [0.717, 1.165) is 46.8 Å². The minimum Gasteiger partial charge on any atom is -0.494 e. The van der Waals surface area contributed by atoms with Gasteiger partial charge in [-0.3, -0.25) is 0 Å². The third-order valence-corrected chi connectivity index (χ3v) is 4.23. The fraction of sp³-hybridized carbons (Fsp3) is 0.333. The minimum absolute atomic E-state index is 0.670. The molecule has 0 aromatic heterocycles. The Hall–Kier alpha value is -1.52. The largest absolute Gasteiger partial charge is 0.494 e. The van der Waals surface area contributed by atoms with E-state index < -0.39 is 0 Å². The first-order valence-corrected chi connectivity index (χ1v) is 8.23. The number of likely N-dealkylation sites (N-methyl/N-ethyl adjacent to an activating group) is 1. The smallest absolute Gasteiger partial charge is 0.119 e. The Morgan fingerprint density at radius 2 is 1.86 bits per heavy atom. The molecule has 0 radical (unpaired) electrons. The van der Waals surface area contributed by atoms with Gasteiger partial charge in [-0.1, -0.05) is 6.58 Å². The molecule has 1 aliphatic rings. The predicted molar refractivity (Wildman–Crippen MR) is 94.9 cm³/mol. The maximum absolute atomic E-state index is 5.69. The second-order valence-corrected chi connectivity index (χ2v) is 5.83. The Kier molecular flexibility index (Phi) is 6.28. The summed E-state index contributed by atoms with van der Waals surface area (Å²) < 4.78 is 11.7. The Morgan fingerprint density at radius 1 is 1.14 bits per heavy atom. The van der Waals surface area contributed by atoms with Crippen molar-refractivity contribution in [3.63, 3.8) is 0 Å². The number of hydrogen-bond donors (Lipinski definition) is 0. The van der Waals surface area contributed by atoms with Gasteiger partial charge < -0.3 is 14.4 Å². The van der Waals surface area contributed by atoms with Gasteiger partial charge in [-0.25, -0.2) is 0 Å². The second-order valence-electron chi connectivity index (χ2n) is 4.98. The van der Waals surface area contributed by atoms with E-state index in [1.54, 1.807) is 7.11 Å². The van der Waals surface area contributed by atoms with Gasteiger partial charge in [-0.15, -0.1) is 0 Å². The molecule has 0 spiro atoms. The molecule has 0 N–H and O–H groups in total. The molecule has 1 aromatic rings. The molecule has 2 rings (SSSR count). The summed E-state index contributed by atoms with van der Waals surface area (Å²) in [5.41, 5.74) is 3.30. The quantitative estimate of drug-likeness (QED) is 0.662. The van der Waals surface area contributed by atoms with E-state index >= 15 is 0 Å². The third kappa shape index (κ3) is 4.02. The highest BCUT2D eigenvalue weighted by atomic mass is 79.9. The van der Waals surface area contributed by atoms with Crippen molar-refractivity contribution in [2.75, 3.05) is 26.9 Å². The summed E-state index contributed by atoms with van der Waals surface area (Å²) in [6, 6.07) is 8.18. The Morgan fingerprint density at radius 3 is 2.50 bits per heavy atom. The summed E-state index contributed by atoms with van der Waals surface area (Å²) in [6.45, 7) is 8.52. The first kappa shape index (κ1) is 16.8. The zero-order chi connectivity index (χ0) is 15.9. The number of rotatable bonds is 7. The molecule has 1 aromatic carbocycles. The fourth-order valence-electron chi connectivity index (χ4n) is 2.34. The number of methoxy groups -OCH3 is 1. The Bertz CT molecular complexity index is 575. The monoisotopic (exact) mass is 363 g/mol. The van der Waals surface area contributed by atoms with Gasteiger partial charge in [-0.05, 0) is 64.8 Å². The molecule has 22 heavy (non-hydrogen) atoms. The van der Waals surface area contributed by atoms with Gasteiger partial charge in [0.1, 0.15) is 5.75 Å². The van der Waals surface area contributed by atoms with Crippen LogP contribution in [0, 0.1) is 0 Å². The van der Waals surface area contributed by atoms with Crippen molar-refractivity contribution in [2.24, 2.45) is 0 Å². The number of nitrogens with zero attached hydrogens (tertiary/aromatic N) is 1. The van der Waals surface area contributed by atoms with Crippen LogP contribution in [0.2, 0.25) is 0 Å². The topological polar surface area (TPSA) is 21.7 Å². The predicted octanol–water partition coefficient (Wildman–Crippen LogP) is 4.57. The molecule has 0 fully saturated rings. The van der Waals surface area contributed by atoms with Crippen molar-refractivity contribution in [2.45, 2.75) is 13.3 Å². The molecule has 0 amide bonds. The summed E-state index contributed by atoms with van der Waals surface area (Å²) in [6.07, 6.45) is 5.04. The number of ether oxygens (including phenoxy) is 2. The molecule has 0 unspecified atom stereocenters. The molecule has 118 valence electrons. The maximum Gasteiger partial charge on any atom is 0.119 e. The van der Waals surface area contributed by atoms with E-state index in [1.807, 2.05) is 18.2 Å². The summed E-state index contributed by atoms with van der Waals surface area (Å²) in [7, 11) is 1.70. The molecule has 0 bridgehead atoms. The standard InChI is InChI=1S/C18H22BrNO2/c1-4-20-14(2)17(19)10-11-18(20)15-6-8-16(9-7-15)22-13-5-12-21-3/h6-11H,2,4-5,12-13H2,1,3H3. The Labute approximate surface area is 141 Å². The van der Waals surface area contributed by atoms with Crippen molar-refractivity contribution < 1.29 is 9.47 Å². The summed E-state index contributed by atoms with van der Waals surface area (Å²) in [5.74, 6) is 0.884. The van der Waals surface area contributed by atoms with Crippen LogP contribution in [-0.2, 0) is 4.74 Å². The van der Waals surface area contributed by atoms with Gasteiger partial charge in [0, 0.05) is 42.6 Å². The van der Waals surface area contributed by atoms with Crippen LogP contribution in [0.15, 0.2) is 53.2 Å². The van der Waals surface area contributed by atoms with E-state index in [2.05, 4.69) is 52.5 Å².